The molecule has 0 aromatic carbocycles. The Morgan fingerprint density at radius 3 is 2.70 bits per heavy atom. The average Bonchev–Trinajstić information content (AvgIpc) is 2.98. The van der Waals surface area contributed by atoms with Crippen molar-refractivity contribution in [3.63, 3.8) is 0 Å². The van der Waals surface area contributed by atoms with E-state index in [9.17, 15) is 0 Å². The van der Waals surface area contributed by atoms with E-state index in [0.29, 0.717) is 0 Å². The van der Waals surface area contributed by atoms with E-state index in [0.717, 1.165) is 24.9 Å². The lowest BCUT2D eigenvalue weighted by Gasteiger charge is -2.21. The SMILES string of the molecule is CCCNC1CCCC1CCn1nc(C)c(CC)c1C. The van der Waals surface area contributed by atoms with Crippen molar-refractivity contribution in [3.05, 3.63) is 17.0 Å². The molecular weight excluding hydrogens is 246 g/mol. The van der Waals surface area contributed by atoms with Crippen molar-refractivity contribution < 1.29 is 0 Å². The highest BCUT2D eigenvalue weighted by Crippen LogP contribution is 2.29. The molecule has 2 unspecified atom stereocenters. The van der Waals surface area contributed by atoms with Crippen LogP contribution in [0.5, 0.6) is 0 Å². The minimum Gasteiger partial charge on any atom is -0.314 e. The molecule has 1 aliphatic carbocycles. The molecule has 1 saturated carbocycles. The lowest BCUT2D eigenvalue weighted by Crippen LogP contribution is -2.33. The van der Waals surface area contributed by atoms with Crippen LogP contribution in [0.25, 0.3) is 0 Å². The highest BCUT2D eigenvalue weighted by atomic mass is 15.3. The monoisotopic (exact) mass is 277 g/mol. The second-order valence-electron chi connectivity index (χ2n) is 6.27. The number of nitrogens with zero attached hydrogens (tertiary/aromatic N) is 2. The number of hydrogen-bond acceptors (Lipinski definition) is 2. The van der Waals surface area contributed by atoms with E-state index < -0.39 is 0 Å². The Bertz CT molecular complexity index is 422. The molecule has 0 bridgehead atoms. The number of aromatic nitrogens is 2. The standard InChI is InChI=1S/C17H31N3/c1-5-11-18-17-9-7-8-15(17)10-12-20-14(4)16(6-2)13(3)19-20/h15,17-18H,5-12H2,1-4H3. The largest absolute Gasteiger partial charge is 0.314 e. The second kappa shape index (κ2) is 7.26. The molecule has 1 aliphatic rings. The van der Waals surface area contributed by atoms with Crippen molar-refractivity contribution in [3.8, 4) is 0 Å². The summed E-state index contributed by atoms with van der Waals surface area (Å²) in [4.78, 5) is 0. The van der Waals surface area contributed by atoms with Crippen LogP contribution in [0.4, 0.5) is 0 Å². The van der Waals surface area contributed by atoms with E-state index >= 15 is 0 Å². The fraction of sp³-hybridized carbons (Fsp3) is 0.824. The van der Waals surface area contributed by atoms with Gasteiger partial charge >= 0.3 is 0 Å². The molecule has 1 aromatic rings. The molecule has 0 saturated heterocycles. The van der Waals surface area contributed by atoms with Crippen LogP contribution in [0.1, 0.15) is 62.9 Å². The Hall–Kier alpha value is -0.830. The Morgan fingerprint density at radius 1 is 1.25 bits per heavy atom. The van der Waals surface area contributed by atoms with Gasteiger partial charge in [0.15, 0.2) is 0 Å². The topological polar surface area (TPSA) is 29.9 Å². The fourth-order valence-electron chi connectivity index (χ4n) is 3.73. The molecule has 2 rings (SSSR count). The molecule has 0 radical (unpaired) electrons. The van der Waals surface area contributed by atoms with Gasteiger partial charge in [-0.15, -0.1) is 0 Å². The van der Waals surface area contributed by atoms with E-state index in [1.54, 1.807) is 0 Å². The summed E-state index contributed by atoms with van der Waals surface area (Å²) in [6, 6.07) is 0.748. The molecule has 20 heavy (non-hydrogen) atoms. The summed E-state index contributed by atoms with van der Waals surface area (Å²) in [5.41, 5.74) is 4.04. The van der Waals surface area contributed by atoms with Crippen LogP contribution in [-0.4, -0.2) is 22.4 Å². The highest BCUT2D eigenvalue weighted by molar-refractivity contribution is 5.24. The van der Waals surface area contributed by atoms with Gasteiger partial charge in [-0.2, -0.15) is 5.10 Å². The van der Waals surface area contributed by atoms with Gasteiger partial charge in [-0.3, -0.25) is 4.68 Å². The van der Waals surface area contributed by atoms with Gasteiger partial charge in [0.1, 0.15) is 0 Å². The summed E-state index contributed by atoms with van der Waals surface area (Å²) in [7, 11) is 0. The van der Waals surface area contributed by atoms with E-state index in [4.69, 9.17) is 5.10 Å². The van der Waals surface area contributed by atoms with Crippen molar-refractivity contribution in [2.45, 2.75) is 78.8 Å². The Morgan fingerprint density at radius 2 is 2.05 bits per heavy atom. The van der Waals surface area contributed by atoms with Gasteiger partial charge < -0.3 is 5.32 Å². The normalized spacial score (nSPS) is 22.6. The summed E-state index contributed by atoms with van der Waals surface area (Å²) in [6.07, 6.45) is 7.75. The first-order valence-electron chi connectivity index (χ1n) is 8.43. The highest BCUT2D eigenvalue weighted by Gasteiger charge is 2.26. The molecule has 2 atom stereocenters. The lowest BCUT2D eigenvalue weighted by atomic mass is 9.99. The van der Waals surface area contributed by atoms with Crippen LogP contribution in [0.15, 0.2) is 0 Å². The molecule has 1 N–H and O–H groups in total. The van der Waals surface area contributed by atoms with Gasteiger partial charge in [-0.1, -0.05) is 20.3 Å². The molecule has 0 spiro atoms. The first kappa shape index (κ1) is 15.6. The van der Waals surface area contributed by atoms with Crippen molar-refractivity contribution in [2.24, 2.45) is 5.92 Å². The Kier molecular flexibility index (Phi) is 5.64. The smallest absolute Gasteiger partial charge is 0.0628 e. The van der Waals surface area contributed by atoms with Crippen LogP contribution in [0.2, 0.25) is 0 Å². The summed E-state index contributed by atoms with van der Waals surface area (Å²) in [6.45, 7) is 11.1. The van der Waals surface area contributed by atoms with E-state index in [1.807, 2.05) is 0 Å². The number of aryl methyl sites for hydroxylation is 2. The first-order chi connectivity index (χ1) is 9.67. The molecular formula is C17H31N3. The molecule has 0 aliphatic heterocycles. The van der Waals surface area contributed by atoms with E-state index in [-0.39, 0.29) is 0 Å². The predicted molar refractivity (Wildman–Crippen MR) is 85.1 cm³/mol. The van der Waals surface area contributed by atoms with Crippen molar-refractivity contribution in [2.75, 3.05) is 6.54 Å². The minimum atomic E-state index is 0.748. The summed E-state index contributed by atoms with van der Waals surface area (Å²) in [5, 5.41) is 8.46. The zero-order valence-corrected chi connectivity index (χ0v) is 13.7. The van der Waals surface area contributed by atoms with Crippen molar-refractivity contribution in [1.82, 2.24) is 15.1 Å². The van der Waals surface area contributed by atoms with Crippen molar-refractivity contribution in [1.29, 1.82) is 0 Å². The van der Waals surface area contributed by atoms with Gasteiger partial charge in [-0.25, -0.2) is 0 Å². The van der Waals surface area contributed by atoms with E-state index in [2.05, 4.69) is 37.7 Å². The zero-order chi connectivity index (χ0) is 14.5. The van der Waals surface area contributed by atoms with Gasteiger partial charge in [0.25, 0.3) is 0 Å². The first-order valence-corrected chi connectivity index (χ1v) is 8.43. The Labute approximate surface area is 124 Å². The number of hydrogen-bond donors (Lipinski definition) is 1. The molecule has 3 heteroatoms. The summed E-state index contributed by atoms with van der Waals surface area (Å²) < 4.78 is 2.24. The van der Waals surface area contributed by atoms with Crippen molar-refractivity contribution >= 4 is 0 Å². The Balaban J connectivity index is 1.91. The quantitative estimate of drug-likeness (QED) is 0.825. The van der Waals surface area contributed by atoms with Crippen LogP contribution < -0.4 is 5.32 Å². The minimum absolute atomic E-state index is 0.748. The lowest BCUT2D eigenvalue weighted by molar-refractivity contribution is 0.352. The van der Waals surface area contributed by atoms with Gasteiger partial charge in [0.2, 0.25) is 0 Å². The third-order valence-electron chi connectivity index (χ3n) is 4.91. The van der Waals surface area contributed by atoms with Gasteiger partial charge in [-0.05, 0) is 64.0 Å². The average molecular weight is 277 g/mol. The number of rotatable bonds is 7. The maximum atomic E-state index is 4.73. The molecule has 1 fully saturated rings. The summed E-state index contributed by atoms with van der Waals surface area (Å²) in [5.74, 6) is 0.843. The molecule has 1 aromatic heterocycles. The fourth-order valence-corrected chi connectivity index (χ4v) is 3.73. The van der Waals surface area contributed by atoms with Crippen LogP contribution in [0.3, 0.4) is 0 Å². The van der Waals surface area contributed by atoms with Crippen LogP contribution in [-0.2, 0) is 13.0 Å². The summed E-state index contributed by atoms with van der Waals surface area (Å²) >= 11 is 0. The zero-order valence-electron chi connectivity index (χ0n) is 13.7. The van der Waals surface area contributed by atoms with Crippen LogP contribution >= 0.6 is 0 Å². The predicted octanol–water partition coefficient (Wildman–Crippen LogP) is 3.62. The second-order valence-corrected chi connectivity index (χ2v) is 6.27. The van der Waals surface area contributed by atoms with Gasteiger partial charge in [0, 0.05) is 18.3 Å². The van der Waals surface area contributed by atoms with Gasteiger partial charge in [0.05, 0.1) is 5.69 Å². The third-order valence-corrected chi connectivity index (χ3v) is 4.91. The van der Waals surface area contributed by atoms with E-state index in [1.165, 1.54) is 55.6 Å². The number of nitrogens with one attached hydrogen (secondary N) is 1. The molecule has 3 nitrogen and oxygen atoms in total. The molecule has 0 amide bonds. The molecule has 114 valence electrons. The van der Waals surface area contributed by atoms with Crippen LogP contribution in [0, 0.1) is 19.8 Å². The maximum Gasteiger partial charge on any atom is 0.0628 e. The third kappa shape index (κ3) is 3.43. The molecule has 1 heterocycles. The maximum absolute atomic E-state index is 4.73.